The van der Waals surface area contributed by atoms with Crippen molar-refractivity contribution in [3.63, 3.8) is 0 Å². The molecule has 1 fully saturated rings. The van der Waals surface area contributed by atoms with E-state index >= 15 is 0 Å². The second kappa shape index (κ2) is 7.02. The van der Waals surface area contributed by atoms with Gasteiger partial charge in [-0.2, -0.15) is 0 Å². The van der Waals surface area contributed by atoms with Crippen molar-refractivity contribution in [2.45, 2.75) is 45.2 Å². The summed E-state index contributed by atoms with van der Waals surface area (Å²) >= 11 is 0. The summed E-state index contributed by atoms with van der Waals surface area (Å²) in [7, 11) is -3.14. The Morgan fingerprint density at radius 2 is 1.92 bits per heavy atom. The number of carbonyl (C=O) groups is 2. The van der Waals surface area contributed by atoms with Gasteiger partial charge in [0.15, 0.2) is 0 Å². The molecule has 0 bridgehead atoms. The molecule has 1 saturated heterocycles. The van der Waals surface area contributed by atoms with Crippen molar-refractivity contribution in [1.29, 1.82) is 0 Å². The maximum absolute atomic E-state index is 12.3. The van der Waals surface area contributed by atoms with Crippen molar-refractivity contribution in [1.82, 2.24) is 19.8 Å². The highest BCUT2D eigenvalue weighted by atomic mass is 32.2. The Kier molecular flexibility index (Phi) is 5.09. The van der Waals surface area contributed by atoms with Crippen molar-refractivity contribution in [3.05, 3.63) is 18.2 Å². The van der Waals surface area contributed by atoms with Crippen LogP contribution in [0, 0.1) is 5.41 Å². The van der Waals surface area contributed by atoms with Crippen molar-refractivity contribution < 1.29 is 18.0 Å². The van der Waals surface area contributed by atoms with Crippen LogP contribution in [0.15, 0.2) is 12.4 Å². The molecule has 1 aromatic rings. The van der Waals surface area contributed by atoms with E-state index in [4.69, 9.17) is 0 Å². The second-order valence-electron chi connectivity index (χ2n) is 7.49. The van der Waals surface area contributed by atoms with E-state index in [1.54, 1.807) is 11.1 Å². The lowest BCUT2D eigenvalue weighted by atomic mass is 9.68. The van der Waals surface area contributed by atoms with Crippen LogP contribution in [-0.2, 0) is 26.0 Å². The summed E-state index contributed by atoms with van der Waals surface area (Å²) < 4.78 is 24.6. The third-order valence-corrected chi connectivity index (χ3v) is 6.56. The Balaban J connectivity index is 1.70. The summed E-state index contributed by atoms with van der Waals surface area (Å²) in [5.41, 5.74) is -0.110. The van der Waals surface area contributed by atoms with Crippen LogP contribution in [0.5, 0.6) is 0 Å². The number of amides is 2. The molecular weight excluding hydrogens is 356 g/mol. The Morgan fingerprint density at radius 3 is 2.54 bits per heavy atom. The monoisotopic (exact) mass is 382 g/mol. The summed E-state index contributed by atoms with van der Waals surface area (Å²) in [5.74, 6) is 0.568. The maximum Gasteiger partial charge on any atom is 0.223 e. The molecule has 8 nitrogen and oxygen atoms in total. The van der Waals surface area contributed by atoms with Crippen LogP contribution < -0.4 is 5.32 Å². The molecule has 0 saturated carbocycles. The Morgan fingerprint density at radius 1 is 1.27 bits per heavy atom. The first-order chi connectivity index (χ1) is 12.2. The van der Waals surface area contributed by atoms with E-state index in [0.717, 1.165) is 37.9 Å². The van der Waals surface area contributed by atoms with Crippen LogP contribution in [0.2, 0.25) is 0 Å². The van der Waals surface area contributed by atoms with Crippen molar-refractivity contribution >= 4 is 21.7 Å². The number of sulfone groups is 1. The number of likely N-dealkylation sites (tertiary alicyclic amines) is 1. The number of nitrogens with zero attached hydrogens (tertiary/aromatic N) is 3. The zero-order valence-electron chi connectivity index (χ0n) is 15.3. The topological polar surface area (TPSA) is 101 Å². The number of hydrogen-bond acceptors (Lipinski definition) is 5. The predicted octanol–water partition coefficient (Wildman–Crippen LogP) is 0.508. The molecule has 26 heavy (non-hydrogen) atoms. The molecule has 0 radical (unpaired) electrons. The van der Waals surface area contributed by atoms with Crippen LogP contribution >= 0.6 is 0 Å². The number of nitrogens with one attached hydrogen (secondary N) is 1. The lowest BCUT2D eigenvalue weighted by Crippen LogP contribution is -2.52. The highest BCUT2D eigenvalue weighted by Crippen LogP contribution is 2.48. The minimum atomic E-state index is -3.14. The van der Waals surface area contributed by atoms with Crippen molar-refractivity contribution in [2.75, 3.05) is 25.1 Å². The van der Waals surface area contributed by atoms with Gasteiger partial charge >= 0.3 is 0 Å². The summed E-state index contributed by atoms with van der Waals surface area (Å²) in [4.78, 5) is 30.3. The minimum Gasteiger partial charge on any atom is -0.346 e. The third kappa shape index (κ3) is 3.92. The Bertz CT molecular complexity index is 793. The molecule has 2 amide bonds. The van der Waals surface area contributed by atoms with Gasteiger partial charge in [-0.3, -0.25) is 9.59 Å². The van der Waals surface area contributed by atoms with Crippen molar-refractivity contribution in [2.24, 2.45) is 5.41 Å². The average molecular weight is 382 g/mol. The second-order valence-corrected chi connectivity index (χ2v) is 9.75. The molecule has 9 heteroatoms. The summed E-state index contributed by atoms with van der Waals surface area (Å²) in [6.07, 6.45) is 7.34. The molecule has 3 heterocycles. The molecule has 2 aliphatic rings. The van der Waals surface area contributed by atoms with Gasteiger partial charge in [-0.25, -0.2) is 13.4 Å². The lowest BCUT2D eigenvalue weighted by molar-refractivity contribution is -0.134. The van der Waals surface area contributed by atoms with Crippen LogP contribution in [0.4, 0.5) is 0 Å². The minimum absolute atomic E-state index is 0.0331. The fourth-order valence-electron chi connectivity index (χ4n) is 4.12. The number of fused-ring (bicyclic) bond motifs is 1. The molecular formula is C17H26N4O4S. The number of piperidine rings is 1. The standard InChI is InChI=1S/C17H26N4O4S/c1-13(22)19-15-16-18-7-11-21(16)10-6-17(15)4-8-20(9-5-17)14(23)3-12-26(2,24)25/h7,11,15H,3-6,8-10,12H2,1-2H3,(H,19,22). The van der Waals surface area contributed by atoms with Gasteiger partial charge in [0, 0.05) is 57.0 Å². The van der Waals surface area contributed by atoms with E-state index in [1.165, 1.54) is 6.92 Å². The van der Waals surface area contributed by atoms with Gasteiger partial charge in [-0.05, 0) is 19.3 Å². The van der Waals surface area contributed by atoms with Gasteiger partial charge in [-0.15, -0.1) is 0 Å². The number of imidazole rings is 1. The molecule has 1 unspecified atom stereocenters. The average Bonchev–Trinajstić information content (AvgIpc) is 3.04. The van der Waals surface area contributed by atoms with Crippen LogP contribution in [0.1, 0.15) is 44.5 Å². The SMILES string of the molecule is CC(=O)NC1c2nccn2CCC12CCN(C(=O)CCS(C)(=O)=O)CC2. The maximum atomic E-state index is 12.3. The van der Waals surface area contributed by atoms with Gasteiger partial charge in [0.2, 0.25) is 11.8 Å². The number of rotatable bonds is 4. The zero-order chi connectivity index (χ0) is 18.9. The van der Waals surface area contributed by atoms with Gasteiger partial charge in [0.25, 0.3) is 0 Å². The van der Waals surface area contributed by atoms with Crippen LogP contribution in [0.3, 0.4) is 0 Å². The number of aromatic nitrogens is 2. The zero-order valence-corrected chi connectivity index (χ0v) is 16.1. The quantitative estimate of drug-likeness (QED) is 0.817. The van der Waals surface area contributed by atoms with E-state index in [9.17, 15) is 18.0 Å². The van der Waals surface area contributed by atoms with E-state index in [2.05, 4.69) is 14.9 Å². The smallest absolute Gasteiger partial charge is 0.223 e. The van der Waals surface area contributed by atoms with Crippen LogP contribution in [0.25, 0.3) is 0 Å². The molecule has 1 aromatic heterocycles. The lowest BCUT2D eigenvalue weighted by Gasteiger charge is -2.49. The first-order valence-corrected chi connectivity index (χ1v) is 11.0. The third-order valence-electron chi connectivity index (χ3n) is 5.62. The Hall–Kier alpha value is -1.90. The molecule has 144 valence electrons. The molecule has 1 N–H and O–H groups in total. The van der Waals surface area contributed by atoms with E-state index in [-0.39, 0.29) is 35.4 Å². The molecule has 1 atom stereocenters. The van der Waals surface area contributed by atoms with Crippen molar-refractivity contribution in [3.8, 4) is 0 Å². The number of hydrogen-bond donors (Lipinski definition) is 1. The molecule has 2 aliphatic heterocycles. The largest absolute Gasteiger partial charge is 0.346 e. The Labute approximate surface area is 153 Å². The molecule has 0 aliphatic carbocycles. The van der Waals surface area contributed by atoms with Gasteiger partial charge in [0.05, 0.1) is 11.8 Å². The molecule has 0 aromatic carbocycles. The van der Waals surface area contributed by atoms with Gasteiger partial charge in [0.1, 0.15) is 15.7 Å². The summed E-state index contributed by atoms with van der Waals surface area (Å²) in [5, 5.41) is 3.07. The molecule has 3 rings (SSSR count). The summed E-state index contributed by atoms with van der Waals surface area (Å²) in [6, 6.07) is -0.156. The predicted molar refractivity (Wildman–Crippen MR) is 96.0 cm³/mol. The normalized spacial score (nSPS) is 22.1. The highest BCUT2D eigenvalue weighted by molar-refractivity contribution is 7.90. The van der Waals surface area contributed by atoms with E-state index in [1.807, 2.05) is 6.20 Å². The first-order valence-electron chi connectivity index (χ1n) is 8.94. The van der Waals surface area contributed by atoms with Gasteiger partial charge in [-0.1, -0.05) is 0 Å². The van der Waals surface area contributed by atoms with E-state index in [0.29, 0.717) is 13.1 Å². The number of aryl methyl sites for hydroxylation is 1. The van der Waals surface area contributed by atoms with Crippen LogP contribution in [-0.4, -0.2) is 59.8 Å². The molecule has 1 spiro atoms. The van der Waals surface area contributed by atoms with E-state index < -0.39 is 9.84 Å². The van der Waals surface area contributed by atoms with Gasteiger partial charge < -0.3 is 14.8 Å². The summed E-state index contributed by atoms with van der Waals surface area (Å²) in [6.45, 7) is 3.53. The fourth-order valence-corrected chi connectivity index (χ4v) is 4.67. The number of carbonyl (C=O) groups excluding carboxylic acids is 2. The first kappa shape index (κ1) is 18.9. The fraction of sp³-hybridized carbons (Fsp3) is 0.706. The highest BCUT2D eigenvalue weighted by Gasteiger charge is 2.47.